The van der Waals surface area contributed by atoms with Crippen LogP contribution in [0.3, 0.4) is 0 Å². The predicted molar refractivity (Wildman–Crippen MR) is 73.7 cm³/mol. The summed E-state index contributed by atoms with van der Waals surface area (Å²) in [4.78, 5) is 2.64. The minimum atomic E-state index is 0.146. The lowest BCUT2D eigenvalue weighted by molar-refractivity contribution is 0.174. The molecule has 0 radical (unpaired) electrons. The maximum atomic E-state index is 5.85. The first-order valence-electron chi connectivity index (χ1n) is 7.34. The molecule has 3 atom stereocenters. The van der Waals surface area contributed by atoms with Crippen molar-refractivity contribution in [1.82, 2.24) is 4.90 Å². The lowest BCUT2D eigenvalue weighted by Gasteiger charge is -2.34. The summed E-state index contributed by atoms with van der Waals surface area (Å²) in [5.74, 6) is 4.72. The first-order valence-corrected chi connectivity index (χ1v) is 7.34. The molecule has 2 rings (SSSR count). The van der Waals surface area contributed by atoms with Crippen molar-refractivity contribution in [3.05, 3.63) is 0 Å². The van der Waals surface area contributed by atoms with Crippen LogP contribution >= 0.6 is 0 Å². The Morgan fingerprint density at radius 1 is 1.24 bits per heavy atom. The molecular formula is C16H27N. The summed E-state index contributed by atoms with van der Waals surface area (Å²) < 4.78 is 0. The van der Waals surface area contributed by atoms with Gasteiger partial charge in [-0.25, -0.2) is 0 Å². The van der Waals surface area contributed by atoms with Crippen LogP contribution < -0.4 is 0 Å². The van der Waals surface area contributed by atoms with Crippen LogP contribution in [0.5, 0.6) is 0 Å². The van der Waals surface area contributed by atoms with Gasteiger partial charge in [-0.3, -0.25) is 0 Å². The normalized spacial score (nSPS) is 39.8. The Balaban J connectivity index is 2.02. The predicted octanol–water partition coefficient (Wildman–Crippen LogP) is 3.55. The molecule has 2 fully saturated rings. The van der Waals surface area contributed by atoms with Crippen LogP contribution in [-0.4, -0.2) is 24.5 Å². The molecule has 1 heteroatoms. The standard InChI is InChI=1S/C16H27N/c1-4-16(3)10-9-14(2)7-8-15(16)13-17-11-5-6-12-17/h1,14-15H,5-13H2,2-3H3. The van der Waals surface area contributed by atoms with E-state index in [2.05, 4.69) is 24.7 Å². The van der Waals surface area contributed by atoms with Crippen molar-refractivity contribution in [2.75, 3.05) is 19.6 Å². The van der Waals surface area contributed by atoms with Gasteiger partial charge in [-0.05, 0) is 64.0 Å². The summed E-state index contributed by atoms with van der Waals surface area (Å²) in [5.41, 5.74) is 0.146. The van der Waals surface area contributed by atoms with E-state index in [0.717, 1.165) is 11.8 Å². The van der Waals surface area contributed by atoms with Gasteiger partial charge in [0.2, 0.25) is 0 Å². The number of terminal acetylenes is 1. The second-order valence-corrected chi connectivity index (χ2v) is 6.49. The Labute approximate surface area is 107 Å². The summed E-state index contributed by atoms with van der Waals surface area (Å²) >= 11 is 0. The number of hydrogen-bond donors (Lipinski definition) is 0. The third-order valence-electron chi connectivity index (χ3n) is 5.07. The van der Waals surface area contributed by atoms with Crippen molar-refractivity contribution in [3.63, 3.8) is 0 Å². The van der Waals surface area contributed by atoms with E-state index in [-0.39, 0.29) is 5.41 Å². The number of rotatable bonds is 2. The fourth-order valence-corrected chi connectivity index (χ4v) is 3.46. The van der Waals surface area contributed by atoms with E-state index in [4.69, 9.17) is 6.42 Å². The summed E-state index contributed by atoms with van der Waals surface area (Å²) in [6.45, 7) is 8.55. The molecular weight excluding hydrogens is 206 g/mol. The fourth-order valence-electron chi connectivity index (χ4n) is 3.46. The molecule has 0 spiro atoms. The van der Waals surface area contributed by atoms with Gasteiger partial charge in [-0.1, -0.05) is 19.3 Å². The molecule has 1 saturated heterocycles. The highest BCUT2D eigenvalue weighted by Gasteiger charge is 2.36. The maximum absolute atomic E-state index is 5.85. The topological polar surface area (TPSA) is 3.24 Å². The average Bonchev–Trinajstić information content (AvgIpc) is 2.79. The van der Waals surface area contributed by atoms with Crippen molar-refractivity contribution in [1.29, 1.82) is 0 Å². The quantitative estimate of drug-likeness (QED) is 0.521. The zero-order valence-corrected chi connectivity index (χ0v) is 11.5. The van der Waals surface area contributed by atoms with Gasteiger partial charge in [0, 0.05) is 12.0 Å². The minimum absolute atomic E-state index is 0.146. The lowest BCUT2D eigenvalue weighted by atomic mass is 9.74. The molecule has 0 aromatic rings. The van der Waals surface area contributed by atoms with E-state index in [9.17, 15) is 0 Å². The summed E-state index contributed by atoms with van der Waals surface area (Å²) in [6, 6.07) is 0. The third-order valence-corrected chi connectivity index (χ3v) is 5.07. The van der Waals surface area contributed by atoms with Crippen molar-refractivity contribution < 1.29 is 0 Å². The van der Waals surface area contributed by atoms with Gasteiger partial charge in [0.05, 0.1) is 0 Å². The maximum Gasteiger partial charge on any atom is 0.0324 e. The molecule has 0 bridgehead atoms. The second-order valence-electron chi connectivity index (χ2n) is 6.49. The van der Waals surface area contributed by atoms with Gasteiger partial charge in [-0.2, -0.15) is 0 Å². The molecule has 0 amide bonds. The third kappa shape index (κ3) is 3.05. The molecule has 17 heavy (non-hydrogen) atoms. The van der Waals surface area contributed by atoms with Gasteiger partial charge >= 0.3 is 0 Å². The zero-order valence-electron chi connectivity index (χ0n) is 11.5. The highest BCUT2D eigenvalue weighted by molar-refractivity contribution is 5.08. The van der Waals surface area contributed by atoms with E-state index in [1.165, 1.54) is 58.2 Å². The second kappa shape index (κ2) is 5.44. The van der Waals surface area contributed by atoms with Gasteiger partial charge in [0.15, 0.2) is 0 Å². The molecule has 96 valence electrons. The molecule has 0 aromatic heterocycles. The van der Waals surface area contributed by atoms with Crippen molar-refractivity contribution in [2.24, 2.45) is 17.3 Å². The smallest absolute Gasteiger partial charge is 0.0324 e. The van der Waals surface area contributed by atoms with Crippen LogP contribution in [0.4, 0.5) is 0 Å². The molecule has 1 nitrogen and oxygen atoms in total. The Kier molecular flexibility index (Phi) is 4.15. The Hall–Kier alpha value is -0.480. The Morgan fingerprint density at radius 2 is 1.94 bits per heavy atom. The van der Waals surface area contributed by atoms with E-state index < -0.39 is 0 Å². The molecule has 0 aromatic carbocycles. The van der Waals surface area contributed by atoms with E-state index in [1.807, 2.05) is 0 Å². The molecule has 1 saturated carbocycles. The summed E-state index contributed by atoms with van der Waals surface area (Å²) in [7, 11) is 0. The highest BCUT2D eigenvalue weighted by atomic mass is 15.1. The van der Waals surface area contributed by atoms with Crippen LogP contribution in [-0.2, 0) is 0 Å². The lowest BCUT2D eigenvalue weighted by Crippen LogP contribution is -2.35. The van der Waals surface area contributed by atoms with Crippen molar-refractivity contribution in [3.8, 4) is 12.3 Å². The van der Waals surface area contributed by atoms with Gasteiger partial charge < -0.3 is 4.90 Å². The van der Waals surface area contributed by atoms with Gasteiger partial charge in [0.1, 0.15) is 0 Å². The zero-order chi connectivity index (χ0) is 12.3. The van der Waals surface area contributed by atoms with Gasteiger partial charge in [0.25, 0.3) is 0 Å². The fraction of sp³-hybridized carbons (Fsp3) is 0.875. The molecule has 0 N–H and O–H groups in total. The number of nitrogens with zero attached hydrogens (tertiary/aromatic N) is 1. The monoisotopic (exact) mass is 233 g/mol. The SMILES string of the molecule is C#CC1(C)CCC(C)CCC1CN1CCCC1. The van der Waals surface area contributed by atoms with Gasteiger partial charge in [-0.15, -0.1) is 6.42 Å². The minimum Gasteiger partial charge on any atom is -0.303 e. The molecule has 1 aliphatic carbocycles. The Bertz CT molecular complexity index is 284. The van der Waals surface area contributed by atoms with Crippen LogP contribution in [0.2, 0.25) is 0 Å². The average molecular weight is 233 g/mol. The largest absolute Gasteiger partial charge is 0.303 e. The van der Waals surface area contributed by atoms with Crippen LogP contribution in [0, 0.1) is 29.6 Å². The van der Waals surface area contributed by atoms with E-state index in [1.54, 1.807) is 0 Å². The molecule has 3 unspecified atom stereocenters. The van der Waals surface area contributed by atoms with Crippen LogP contribution in [0.1, 0.15) is 52.4 Å². The summed E-state index contributed by atoms with van der Waals surface area (Å²) in [6.07, 6.45) is 13.9. The Morgan fingerprint density at radius 3 is 2.59 bits per heavy atom. The van der Waals surface area contributed by atoms with E-state index >= 15 is 0 Å². The van der Waals surface area contributed by atoms with Crippen molar-refractivity contribution in [2.45, 2.75) is 52.4 Å². The van der Waals surface area contributed by atoms with Crippen molar-refractivity contribution >= 4 is 0 Å². The number of hydrogen-bond acceptors (Lipinski definition) is 1. The number of likely N-dealkylation sites (tertiary alicyclic amines) is 1. The first kappa shape index (κ1) is 13.0. The van der Waals surface area contributed by atoms with E-state index in [0.29, 0.717) is 0 Å². The first-order chi connectivity index (χ1) is 8.14. The molecule has 1 heterocycles. The highest BCUT2D eigenvalue weighted by Crippen LogP contribution is 2.41. The molecule has 1 aliphatic heterocycles. The van der Waals surface area contributed by atoms with Crippen LogP contribution in [0.25, 0.3) is 0 Å². The van der Waals surface area contributed by atoms with Crippen LogP contribution in [0.15, 0.2) is 0 Å². The molecule has 2 aliphatic rings. The summed E-state index contributed by atoms with van der Waals surface area (Å²) in [5, 5.41) is 0.